The fraction of sp³-hybridized carbons (Fsp3) is 0.500. The number of fused-ring (bicyclic) bond motifs is 4. The van der Waals surface area contributed by atoms with E-state index in [-0.39, 0.29) is 11.9 Å². The number of piperidine rings is 3. The predicted octanol–water partition coefficient (Wildman–Crippen LogP) is 2.19. The number of ether oxygens (including phenoxy) is 1. The number of H-pyrrole nitrogens is 1. The van der Waals surface area contributed by atoms with Gasteiger partial charge < -0.3 is 15.0 Å². The van der Waals surface area contributed by atoms with Gasteiger partial charge in [0.05, 0.1) is 18.7 Å². The van der Waals surface area contributed by atoms with Gasteiger partial charge in [-0.1, -0.05) is 12.1 Å². The number of nitrogens with zero attached hydrogens (tertiary/aromatic N) is 2. The smallest absolute Gasteiger partial charge is 0.272 e. The zero-order chi connectivity index (χ0) is 17.5. The van der Waals surface area contributed by atoms with Crippen LogP contribution in [0, 0.1) is 5.92 Å². The largest absolute Gasteiger partial charge is 0.377 e. The molecule has 6 nitrogen and oxygen atoms in total. The molecule has 0 spiro atoms. The number of rotatable bonds is 3. The van der Waals surface area contributed by atoms with E-state index < -0.39 is 0 Å². The Bertz CT molecular complexity index is 864. The van der Waals surface area contributed by atoms with Crippen molar-refractivity contribution in [1.82, 2.24) is 20.4 Å². The molecule has 5 heterocycles. The summed E-state index contributed by atoms with van der Waals surface area (Å²) in [6.07, 6.45) is 5.43. The Hall–Kier alpha value is -2.18. The van der Waals surface area contributed by atoms with Gasteiger partial charge >= 0.3 is 0 Å². The molecule has 0 radical (unpaired) electrons. The van der Waals surface area contributed by atoms with E-state index in [4.69, 9.17) is 4.74 Å². The molecule has 0 aliphatic carbocycles. The highest BCUT2D eigenvalue weighted by Crippen LogP contribution is 2.29. The highest BCUT2D eigenvalue weighted by Gasteiger charge is 2.35. The van der Waals surface area contributed by atoms with E-state index in [0.29, 0.717) is 18.2 Å². The number of aromatic amines is 1. The van der Waals surface area contributed by atoms with Crippen LogP contribution >= 0.6 is 0 Å². The van der Waals surface area contributed by atoms with E-state index in [9.17, 15) is 4.79 Å². The molecule has 3 saturated heterocycles. The van der Waals surface area contributed by atoms with Crippen molar-refractivity contribution in [3.63, 3.8) is 0 Å². The number of aromatic nitrogens is 2. The summed E-state index contributed by atoms with van der Waals surface area (Å²) in [6, 6.07) is 6.43. The van der Waals surface area contributed by atoms with Crippen molar-refractivity contribution >= 4 is 22.4 Å². The number of amides is 1. The van der Waals surface area contributed by atoms with Crippen molar-refractivity contribution in [1.29, 1.82) is 0 Å². The van der Waals surface area contributed by atoms with Gasteiger partial charge in [0.15, 0.2) is 5.69 Å². The number of benzene rings is 1. The van der Waals surface area contributed by atoms with Crippen molar-refractivity contribution in [2.45, 2.75) is 25.3 Å². The molecular weight excluding hydrogens is 328 g/mol. The molecular formula is C20H24N4O2. The van der Waals surface area contributed by atoms with Crippen LogP contribution in [0.3, 0.4) is 0 Å². The molecule has 1 aromatic carbocycles. The Morgan fingerprint density at radius 2 is 2.19 bits per heavy atom. The first kappa shape index (κ1) is 16.0. The lowest BCUT2D eigenvalue weighted by molar-refractivity contribution is 0.0618. The summed E-state index contributed by atoms with van der Waals surface area (Å²) < 4.78 is 5.38. The van der Waals surface area contributed by atoms with Crippen molar-refractivity contribution in [2.24, 2.45) is 5.92 Å². The van der Waals surface area contributed by atoms with Crippen molar-refractivity contribution < 1.29 is 9.53 Å². The molecule has 1 amide bonds. The topological polar surface area (TPSA) is 70.2 Å². The summed E-state index contributed by atoms with van der Waals surface area (Å²) in [5.41, 5.74) is 3.89. The molecule has 3 fully saturated rings. The second-order valence-corrected chi connectivity index (χ2v) is 7.60. The van der Waals surface area contributed by atoms with Crippen LogP contribution in [0.25, 0.3) is 16.5 Å². The van der Waals surface area contributed by atoms with Gasteiger partial charge in [0.25, 0.3) is 5.91 Å². The first-order valence-corrected chi connectivity index (χ1v) is 9.56. The molecule has 6 rings (SSSR count). The van der Waals surface area contributed by atoms with Gasteiger partial charge in [-0.05, 0) is 61.5 Å². The van der Waals surface area contributed by atoms with Crippen LogP contribution in [0.5, 0.6) is 0 Å². The lowest BCUT2D eigenvalue weighted by Crippen LogP contribution is -2.57. The van der Waals surface area contributed by atoms with Gasteiger partial charge in [0.2, 0.25) is 0 Å². The van der Waals surface area contributed by atoms with Gasteiger partial charge in [-0.15, -0.1) is 0 Å². The number of carbonyl (C=O) groups is 1. The third kappa shape index (κ3) is 2.83. The normalized spacial score (nSPS) is 28.2. The standard InChI is InChI=1S/C20H24N4O2/c25-20(21-18-12-24-7-3-14(18)4-8-24)19-16-2-1-15(11-17(16)22-23-19)13-5-9-26-10-6-13/h1-2,5,11,14,18H,3-4,6-10,12H2,(H,21,25)(H,22,23)/t18-/m0/s1. The van der Waals surface area contributed by atoms with Crippen LogP contribution in [0.4, 0.5) is 0 Å². The second-order valence-electron chi connectivity index (χ2n) is 7.60. The van der Waals surface area contributed by atoms with E-state index in [1.165, 1.54) is 37.1 Å². The van der Waals surface area contributed by atoms with E-state index >= 15 is 0 Å². The molecule has 2 N–H and O–H groups in total. The lowest BCUT2D eigenvalue weighted by Gasteiger charge is -2.44. The summed E-state index contributed by atoms with van der Waals surface area (Å²) in [5.74, 6) is 0.550. The minimum Gasteiger partial charge on any atom is -0.377 e. The molecule has 2 bridgehead atoms. The summed E-state index contributed by atoms with van der Waals surface area (Å²) in [4.78, 5) is 15.3. The van der Waals surface area contributed by atoms with Crippen LogP contribution in [-0.4, -0.2) is 59.9 Å². The Morgan fingerprint density at radius 1 is 1.31 bits per heavy atom. The number of hydrogen-bond acceptors (Lipinski definition) is 4. The number of nitrogens with one attached hydrogen (secondary N) is 2. The van der Waals surface area contributed by atoms with Crippen LogP contribution in [-0.2, 0) is 4.74 Å². The van der Waals surface area contributed by atoms with E-state index in [1.54, 1.807) is 0 Å². The van der Waals surface area contributed by atoms with Gasteiger partial charge in [-0.25, -0.2) is 0 Å². The van der Waals surface area contributed by atoms with Crippen LogP contribution in [0.2, 0.25) is 0 Å². The molecule has 0 saturated carbocycles. The molecule has 1 aromatic heterocycles. The second kappa shape index (κ2) is 6.52. The highest BCUT2D eigenvalue weighted by atomic mass is 16.5. The first-order valence-electron chi connectivity index (χ1n) is 9.56. The van der Waals surface area contributed by atoms with E-state index in [1.807, 2.05) is 6.07 Å². The summed E-state index contributed by atoms with van der Waals surface area (Å²) in [6.45, 7) is 4.75. The Kier molecular flexibility index (Phi) is 4.02. The summed E-state index contributed by atoms with van der Waals surface area (Å²) >= 11 is 0. The molecule has 2 aromatic rings. The minimum atomic E-state index is -0.0620. The zero-order valence-electron chi connectivity index (χ0n) is 14.8. The Morgan fingerprint density at radius 3 is 2.92 bits per heavy atom. The van der Waals surface area contributed by atoms with Crippen LogP contribution in [0.1, 0.15) is 35.3 Å². The van der Waals surface area contributed by atoms with Crippen molar-refractivity contribution in [3.8, 4) is 0 Å². The summed E-state index contributed by atoms with van der Waals surface area (Å²) in [5, 5.41) is 11.5. The predicted molar refractivity (Wildman–Crippen MR) is 99.9 cm³/mol. The maximum atomic E-state index is 12.8. The Labute approximate surface area is 152 Å². The third-order valence-corrected chi connectivity index (χ3v) is 6.08. The van der Waals surface area contributed by atoms with E-state index in [2.05, 4.69) is 38.6 Å². The summed E-state index contributed by atoms with van der Waals surface area (Å²) in [7, 11) is 0. The SMILES string of the molecule is O=C(N[C@H]1CN2CCC1CC2)c1n[nH]c2cc(C3=CCOCC3)ccc12. The molecule has 4 aliphatic rings. The minimum absolute atomic E-state index is 0.0620. The van der Waals surface area contributed by atoms with Crippen LogP contribution in [0.15, 0.2) is 24.3 Å². The maximum absolute atomic E-state index is 12.8. The van der Waals surface area contributed by atoms with Crippen molar-refractivity contribution in [2.75, 3.05) is 32.8 Å². The van der Waals surface area contributed by atoms with Gasteiger partial charge in [0.1, 0.15) is 0 Å². The molecule has 1 atom stereocenters. The third-order valence-electron chi connectivity index (χ3n) is 6.08. The quantitative estimate of drug-likeness (QED) is 0.888. The van der Waals surface area contributed by atoms with Crippen molar-refractivity contribution in [3.05, 3.63) is 35.5 Å². The van der Waals surface area contributed by atoms with Gasteiger partial charge in [-0.3, -0.25) is 9.89 Å². The number of hydrogen-bond donors (Lipinski definition) is 2. The van der Waals surface area contributed by atoms with Gasteiger partial charge in [-0.2, -0.15) is 5.10 Å². The number of carbonyl (C=O) groups excluding carboxylic acids is 1. The van der Waals surface area contributed by atoms with E-state index in [0.717, 1.165) is 30.5 Å². The fourth-order valence-corrected chi connectivity index (χ4v) is 4.55. The molecule has 4 aliphatic heterocycles. The fourth-order valence-electron chi connectivity index (χ4n) is 4.55. The maximum Gasteiger partial charge on any atom is 0.272 e. The Balaban J connectivity index is 1.37. The molecule has 0 unspecified atom stereocenters. The lowest BCUT2D eigenvalue weighted by atomic mass is 9.84. The first-order chi connectivity index (χ1) is 12.8. The highest BCUT2D eigenvalue weighted by molar-refractivity contribution is 6.05. The average Bonchev–Trinajstić information content (AvgIpc) is 3.13. The molecule has 26 heavy (non-hydrogen) atoms. The molecule has 136 valence electrons. The monoisotopic (exact) mass is 352 g/mol. The average molecular weight is 352 g/mol. The molecule has 6 heteroatoms. The van der Waals surface area contributed by atoms with Gasteiger partial charge in [0, 0.05) is 18.0 Å². The zero-order valence-corrected chi connectivity index (χ0v) is 14.8. The van der Waals surface area contributed by atoms with Crippen LogP contribution < -0.4 is 5.32 Å².